The summed E-state index contributed by atoms with van der Waals surface area (Å²) < 4.78 is 0. The number of nitrogens with one attached hydrogen (secondary N) is 3. The van der Waals surface area contributed by atoms with Gasteiger partial charge in [0.25, 0.3) is 5.91 Å². The van der Waals surface area contributed by atoms with Crippen molar-refractivity contribution in [2.24, 2.45) is 0 Å². The largest absolute Gasteiger partial charge is 0.351 e. The number of hydrogen-bond donors (Lipinski definition) is 3. The van der Waals surface area contributed by atoms with Crippen LogP contribution in [0.25, 0.3) is 6.08 Å². The Morgan fingerprint density at radius 2 is 1.64 bits per heavy atom. The van der Waals surface area contributed by atoms with Crippen LogP contribution in [0.5, 0.6) is 0 Å². The molecular weight excluding hydrogens is 346 g/mol. The fraction of sp³-hybridized carbons (Fsp3) is 0.375. The van der Waals surface area contributed by atoms with Crippen molar-refractivity contribution in [3.63, 3.8) is 0 Å². The van der Waals surface area contributed by atoms with E-state index in [1.807, 2.05) is 6.07 Å². The Kier molecular flexibility index (Phi) is 7.82. The molecule has 0 aliphatic carbocycles. The number of benzene rings is 2. The number of hydrogen-bond acceptors (Lipinski definition) is 1. The van der Waals surface area contributed by atoms with Crippen LogP contribution in [0.15, 0.2) is 60.7 Å². The van der Waals surface area contributed by atoms with Crippen LogP contribution in [0, 0.1) is 6.92 Å². The van der Waals surface area contributed by atoms with Crippen molar-refractivity contribution in [3.05, 3.63) is 77.4 Å². The van der Waals surface area contributed by atoms with Gasteiger partial charge in [-0.15, -0.1) is 0 Å². The topological polar surface area (TPSA) is 38.0 Å². The number of carbonyl (C=O) groups excluding carboxylic acids is 1. The molecule has 0 bridgehead atoms. The van der Waals surface area contributed by atoms with E-state index < -0.39 is 0 Å². The molecule has 148 valence electrons. The lowest BCUT2D eigenvalue weighted by Crippen LogP contribution is -3.28. The highest BCUT2D eigenvalue weighted by Crippen LogP contribution is 2.06. The summed E-state index contributed by atoms with van der Waals surface area (Å²) in [7, 11) is 0. The van der Waals surface area contributed by atoms with E-state index in [0.29, 0.717) is 6.54 Å². The lowest BCUT2D eigenvalue weighted by atomic mass is 10.1. The average molecular weight is 380 g/mol. The molecule has 2 aromatic rings. The third-order valence-corrected chi connectivity index (χ3v) is 5.57. The van der Waals surface area contributed by atoms with Crippen LogP contribution >= 0.6 is 0 Å². The molecule has 0 saturated carbocycles. The van der Waals surface area contributed by atoms with Crippen molar-refractivity contribution in [2.75, 3.05) is 45.8 Å². The van der Waals surface area contributed by atoms with E-state index >= 15 is 0 Å². The first-order valence-electron chi connectivity index (χ1n) is 10.4. The Hall–Kier alpha value is -2.43. The molecule has 28 heavy (non-hydrogen) atoms. The van der Waals surface area contributed by atoms with Crippen molar-refractivity contribution < 1.29 is 14.6 Å². The van der Waals surface area contributed by atoms with Crippen molar-refractivity contribution in [1.82, 2.24) is 5.32 Å². The van der Waals surface area contributed by atoms with Gasteiger partial charge < -0.3 is 15.1 Å². The van der Waals surface area contributed by atoms with Crippen LogP contribution in [0.1, 0.15) is 16.7 Å². The van der Waals surface area contributed by atoms with Gasteiger partial charge in [0.05, 0.1) is 6.54 Å². The van der Waals surface area contributed by atoms with E-state index in [4.69, 9.17) is 0 Å². The molecule has 2 aromatic carbocycles. The number of quaternary nitrogens is 2. The molecule has 1 aliphatic heterocycles. The molecule has 1 amide bonds. The molecule has 3 N–H and O–H groups in total. The molecule has 3 rings (SSSR count). The van der Waals surface area contributed by atoms with E-state index in [0.717, 1.165) is 45.7 Å². The van der Waals surface area contributed by atoms with E-state index in [1.165, 1.54) is 21.6 Å². The van der Waals surface area contributed by atoms with Crippen LogP contribution < -0.4 is 15.1 Å². The number of amides is 1. The van der Waals surface area contributed by atoms with Crippen molar-refractivity contribution >= 4 is 12.0 Å². The highest BCUT2D eigenvalue weighted by Gasteiger charge is 2.23. The minimum atomic E-state index is 0.177. The summed E-state index contributed by atoms with van der Waals surface area (Å²) >= 11 is 0. The maximum Gasteiger partial charge on any atom is 0.275 e. The van der Waals surface area contributed by atoms with Crippen LogP contribution in [0.3, 0.4) is 0 Å². The first kappa shape index (κ1) is 20.3. The fourth-order valence-electron chi connectivity index (χ4n) is 3.78. The second kappa shape index (κ2) is 10.8. The number of rotatable bonds is 8. The predicted molar refractivity (Wildman–Crippen MR) is 114 cm³/mol. The SMILES string of the molecule is Cc1ccccc1CCNC(=O)C[NH+]1CC[NH+](C/C=C/c2ccccc2)CC1. The van der Waals surface area contributed by atoms with E-state index in [-0.39, 0.29) is 5.91 Å². The summed E-state index contributed by atoms with van der Waals surface area (Å²) in [5, 5.41) is 3.09. The van der Waals surface area contributed by atoms with Crippen LogP contribution in [0.2, 0.25) is 0 Å². The normalized spacial score (nSPS) is 19.6. The Morgan fingerprint density at radius 3 is 2.39 bits per heavy atom. The minimum Gasteiger partial charge on any atom is -0.351 e. The van der Waals surface area contributed by atoms with Crippen molar-refractivity contribution in [1.29, 1.82) is 0 Å². The summed E-state index contributed by atoms with van der Waals surface area (Å²) in [6.07, 6.45) is 5.38. The van der Waals surface area contributed by atoms with Crippen molar-refractivity contribution in [2.45, 2.75) is 13.3 Å². The third kappa shape index (κ3) is 6.63. The maximum atomic E-state index is 12.2. The summed E-state index contributed by atoms with van der Waals surface area (Å²) in [5.74, 6) is 0.177. The highest BCUT2D eigenvalue weighted by atomic mass is 16.2. The summed E-state index contributed by atoms with van der Waals surface area (Å²) in [5.41, 5.74) is 3.87. The minimum absolute atomic E-state index is 0.177. The Balaban J connectivity index is 1.31. The molecule has 0 radical (unpaired) electrons. The summed E-state index contributed by atoms with van der Waals surface area (Å²) in [6, 6.07) is 18.8. The van der Waals surface area contributed by atoms with E-state index in [1.54, 1.807) is 4.90 Å². The quantitative estimate of drug-likeness (QED) is 0.600. The zero-order chi connectivity index (χ0) is 19.6. The smallest absolute Gasteiger partial charge is 0.275 e. The average Bonchev–Trinajstić information content (AvgIpc) is 2.72. The molecule has 4 nitrogen and oxygen atoms in total. The monoisotopic (exact) mass is 379 g/mol. The van der Waals surface area contributed by atoms with Gasteiger partial charge in [0.1, 0.15) is 26.2 Å². The first-order valence-corrected chi connectivity index (χ1v) is 10.4. The van der Waals surface area contributed by atoms with Gasteiger partial charge >= 0.3 is 0 Å². The maximum absolute atomic E-state index is 12.2. The molecule has 1 heterocycles. The molecule has 4 heteroatoms. The Morgan fingerprint density at radius 1 is 0.964 bits per heavy atom. The lowest BCUT2D eigenvalue weighted by molar-refractivity contribution is -1.01. The molecule has 0 spiro atoms. The van der Waals surface area contributed by atoms with Gasteiger partial charge in [-0.2, -0.15) is 0 Å². The van der Waals surface area contributed by atoms with Crippen molar-refractivity contribution in [3.8, 4) is 0 Å². The Bertz CT molecular complexity index is 764. The van der Waals surface area contributed by atoms with Gasteiger partial charge in [-0.3, -0.25) is 4.79 Å². The third-order valence-electron chi connectivity index (χ3n) is 5.57. The van der Waals surface area contributed by atoms with E-state index in [2.05, 4.69) is 72.9 Å². The fourth-order valence-corrected chi connectivity index (χ4v) is 3.78. The first-order chi connectivity index (χ1) is 13.7. The highest BCUT2D eigenvalue weighted by molar-refractivity contribution is 5.76. The van der Waals surface area contributed by atoms with Crippen LogP contribution in [0.4, 0.5) is 0 Å². The summed E-state index contributed by atoms with van der Waals surface area (Å²) in [6.45, 7) is 8.90. The van der Waals surface area contributed by atoms with Crippen LogP contribution in [-0.2, 0) is 11.2 Å². The standard InChI is InChI=1S/C24H31N3O/c1-21-8-5-6-12-23(21)13-14-25-24(28)20-27-18-16-26(17-19-27)15-7-11-22-9-3-2-4-10-22/h2-12H,13-20H2,1H3,(H,25,28)/p+2/b11-7+. The summed E-state index contributed by atoms with van der Waals surface area (Å²) in [4.78, 5) is 15.3. The molecule has 0 unspecified atom stereocenters. The zero-order valence-electron chi connectivity index (χ0n) is 16.9. The lowest BCUT2D eigenvalue weighted by Gasteiger charge is -2.28. The molecular formula is C24H33N3O+2. The van der Waals surface area contributed by atoms with Gasteiger partial charge in [-0.25, -0.2) is 0 Å². The Labute approximate surface area is 168 Å². The predicted octanol–water partition coefficient (Wildman–Crippen LogP) is 0.151. The second-order valence-corrected chi connectivity index (χ2v) is 7.72. The molecule has 1 saturated heterocycles. The second-order valence-electron chi connectivity index (χ2n) is 7.72. The van der Waals surface area contributed by atoms with Gasteiger partial charge in [0, 0.05) is 6.54 Å². The zero-order valence-corrected chi connectivity index (χ0v) is 16.9. The van der Waals surface area contributed by atoms with Gasteiger partial charge in [-0.1, -0.05) is 60.7 Å². The molecule has 0 atom stereocenters. The van der Waals surface area contributed by atoms with E-state index in [9.17, 15) is 4.79 Å². The number of carbonyl (C=O) groups is 1. The van der Waals surface area contributed by atoms with Crippen LogP contribution in [-0.4, -0.2) is 51.7 Å². The molecule has 1 fully saturated rings. The van der Waals surface area contributed by atoms with Gasteiger partial charge in [0.15, 0.2) is 6.54 Å². The van der Waals surface area contributed by atoms with Gasteiger partial charge in [-0.05, 0) is 36.1 Å². The number of piperazine rings is 1. The van der Waals surface area contributed by atoms with Gasteiger partial charge in [0.2, 0.25) is 0 Å². The molecule has 1 aliphatic rings. The molecule has 0 aromatic heterocycles. The number of aryl methyl sites for hydroxylation is 1.